The fourth-order valence-corrected chi connectivity index (χ4v) is 5.70. The zero-order chi connectivity index (χ0) is 23.7. The van der Waals surface area contributed by atoms with E-state index in [-0.39, 0.29) is 5.02 Å². The first-order valence-corrected chi connectivity index (χ1v) is 12.5. The molecule has 1 aromatic carbocycles. The Bertz CT molecular complexity index is 1150. The van der Waals surface area contributed by atoms with E-state index in [1.165, 1.54) is 23.5 Å². The molecule has 2 saturated heterocycles. The Labute approximate surface area is 206 Å². The number of fused-ring (bicyclic) bond motifs is 2. The second kappa shape index (κ2) is 9.95. The van der Waals surface area contributed by atoms with Crippen molar-refractivity contribution in [3.05, 3.63) is 74.7 Å². The first-order chi connectivity index (χ1) is 16.5. The number of ether oxygens (including phenoxy) is 1. The molecule has 34 heavy (non-hydrogen) atoms. The molecule has 3 aliphatic heterocycles. The molecule has 4 heterocycles. The third-order valence-electron chi connectivity index (χ3n) is 6.46. The number of hydrogen-bond donors (Lipinski definition) is 3. The van der Waals surface area contributed by atoms with Gasteiger partial charge >= 0.3 is 0 Å². The predicted molar refractivity (Wildman–Crippen MR) is 133 cm³/mol. The van der Waals surface area contributed by atoms with Crippen LogP contribution in [0, 0.1) is 11.2 Å². The molecule has 2 fully saturated rings. The first-order valence-electron chi connectivity index (χ1n) is 11.2. The van der Waals surface area contributed by atoms with Gasteiger partial charge in [0, 0.05) is 59.1 Å². The number of nitrogens with one attached hydrogen (secondary N) is 3. The molecular weight excluding hydrogens is 475 g/mol. The minimum Gasteiger partial charge on any atom is -0.394 e. The van der Waals surface area contributed by atoms with Crippen molar-refractivity contribution in [2.45, 2.75) is 31.0 Å². The molecule has 2 unspecified atom stereocenters. The van der Waals surface area contributed by atoms with Crippen LogP contribution in [0.2, 0.25) is 5.02 Å². The van der Waals surface area contributed by atoms with E-state index >= 15 is 0 Å². The second-order valence-corrected chi connectivity index (χ2v) is 9.83. The number of halogens is 2. The smallest absolute Gasteiger partial charge is 0.163 e. The third kappa shape index (κ3) is 4.53. The Morgan fingerprint density at radius 3 is 2.85 bits per heavy atom. The van der Waals surface area contributed by atoms with Crippen molar-refractivity contribution in [3.63, 3.8) is 0 Å². The van der Waals surface area contributed by atoms with Crippen LogP contribution in [0.4, 0.5) is 4.39 Å². The number of nitrogens with zero attached hydrogens (tertiary/aromatic N) is 3. The molecule has 0 amide bonds. The van der Waals surface area contributed by atoms with E-state index < -0.39 is 11.9 Å². The number of amidine groups is 1. The minimum atomic E-state index is -0.573. The van der Waals surface area contributed by atoms with Gasteiger partial charge in [0.05, 0.1) is 18.9 Å². The quantitative estimate of drug-likeness (QED) is 0.502. The number of rotatable bonds is 7. The highest BCUT2D eigenvalue weighted by Crippen LogP contribution is 2.38. The van der Waals surface area contributed by atoms with Gasteiger partial charge in [-0.1, -0.05) is 17.7 Å². The van der Waals surface area contributed by atoms with Gasteiger partial charge < -0.3 is 20.8 Å². The van der Waals surface area contributed by atoms with Gasteiger partial charge in [0.1, 0.15) is 11.9 Å². The molecular formula is C24H26ClFN6OS. The topological polar surface area (TPSA) is 85.6 Å². The highest BCUT2D eigenvalue weighted by Gasteiger charge is 2.39. The van der Waals surface area contributed by atoms with E-state index in [1.807, 2.05) is 5.38 Å². The second-order valence-electron chi connectivity index (χ2n) is 8.53. The summed E-state index contributed by atoms with van der Waals surface area (Å²) in [4.78, 5) is 11.9. The van der Waals surface area contributed by atoms with Crippen molar-refractivity contribution < 1.29 is 9.13 Å². The third-order valence-corrected chi connectivity index (χ3v) is 7.56. The van der Waals surface area contributed by atoms with Gasteiger partial charge in [0.25, 0.3) is 0 Å². The monoisotopic (exact) mass is 500 g/mol. The first kappa shape index (κ1) is 23.2. The SMILES string of the molecule is CN/C=C\C(=N)C1=C(CN2C3CCC2COC3)NC(c2nccs2)=N[C@H]1c1ccc(F)cc1Cl. The fraction of sp³-hybridized carbons (Fsp3) is 0.375. The van der Waals surface area contributed by atoms with Gasteiger partial charge in [-0.3, -0.25) is 9.89 Å². The number of aromatic nitrogens is 1. The van der Waals surface area contributed by atoms with Crippen LogP contribution in [-0.4, -0.2) is 60.3 Å². The molecule has 3 atom stereocenters. The van der Waals surface area contributed by atoms with Crippen LogP contribution in [0.1, 0.15) is 29.5 Å². The molecule has 2 bridgehead atoms. The molecule has 5 rings (SSSR count). The van der Waals surface area contributed by atoms with Crippen molar-refractivity contribution in [2.75, 3.05) is 26.8 Å². The number of thiazole rings is 1. The van der Waals surface area contributed by atoms with Gasteiger partial charge in [0.15, 0.2) is 10.8 Å². The summed E-state index contributed by atoms with van der Waals surface area (Å²) in [5.74, 6) is 0.220. The Hall–Kier alpha value is -2.59. The lowest BCUT2D eigenvalue weighted by atomic mass is 9.91. The normalized spacial score (nSPS) is 24.9. The molecule has 10 heteroatoms. The summed E-state index contributed by atoms with van der Waals surface area (Å²) in [6, 6.07) is 4.47. The van der Waals surface area contributed by atoms with E-state index in [4.69, 9.17) is 26.7 Å². The van der Waals surface area contributed by atoms with E-state index in [1.54, 1.807) is 31.6 Å². The van der Waals surface area contributed by atoms with E-state index in [0.29, 0.717) is 41.3 Å². The maximum atomic E-state index is 13.9. The van der Waals surface area contributed by atoms with E-state index in [0.717, 1.165) is 36.8 Å². The maximum Gasteiger partial charge on any atom is 0.163 e. The number of morpholine rings is 1. The molecule has 0 radical (unpaired) electrons. The Morgan fingerprint density at radius 2 is 2.18 bits per heavy atom. The summed E-state index contributed by atoms with van der Waals surface area (Å²) in [5.41, 5.74) is 2.56. The van der Waals surface area contributed by atoms with Crippen molar-refractivity contribution in [1.29, 1.82) is 5.41 Å². The molecule has 0 spiro atoms. The van der Waals surface area contributed by atoms with Gasteiger partial charge in [-0.25, -0.2) is 9.37 Å². The van der Waals surface area contributed by atoms with Crippen LogP contribution in [0.25, 0.3) is 0 Å². The van der Waals surface area contributed by atoms with Crippen molar-refractivity contribution in [1.82, 2.24) is 20.5 Å². The van der Waals surface area contributed by atoms with Crippen LogP contribution in [0.3, 0.4) is 0 Å². The molecule has 1 aromatic heterocycles. The van der Waals surface area contributed by atoms with Gasteiger partial charge in [-0.15, -0.1) is 11.3 Å². The largest absolute Gasteiger partial charge is 0.394 e. The number of allylic oxidation sites excluding steroid dienone is 1. The van der Waals surface area contributed by atoms with Gasteiger partial charge in [0.2, 0.25) is 0 Å². The Morgan fingerprint density at radius 1 is 1.38 bits per heavy atom. The lowest BCUT2D eigenvalue weighted by Gasteiger charge is -2.37. The number of benzene rings is 1. The molecule has 178 valence electrons. The lowest BCUT2D eigenvalue weighted by Crippen LogP contribution is -2.49. The fourth-order valence-electron chi connectivity index (χ4n) is 4.84. The molecule has 2 aromatic rings. The van der Waals surface area contributed by atoms with Crippen molar-refractivity contribution >= 4 is 34.5 Å². The average Bonchev–Trinajstić information content (AvgIpc) is 3.42. The van der Waals surface area contributed by atoms with Crippen molar-refractivity contribution in [2.24, 2.45) is 4.99 Å². The lowest BCUT2D eigenvalue weighted by molar-refractivity contribution is -0.0102. The zero-order valence-corrected chi connectivity index (χ0v) is 20.3. The van der Waals surface area contributed by atoms with Crippen LogP contribution < -0.4 is 10.6 Å². The summed E-state index contributed by atoms with van der Waals surface area (Å²) in [6.07, 6.45) is 7.37. The molecule has 3 N–H and O–H groups in total. The standard InChI is InChI=1S/C24H26ClFN6OS/c1-28-7-6-19(27)21-20(11-32-15-3-4-16(32)13-33-12-15)30-23(24-29-8-9-34-24)31-22(21)17-5-2-14(26)10-18(17)25/h2,5-10,15-16,22,27-28H,3-4,11-13H2,1H3,(H,30,31)/b7-6-,27-19?/t15?,16?,22-/m0/s1. The Kier molecular flexibility index (Phi) is 6.78. The number of aliphatic imine (C=N–C) groups is 1. The number of hydrogen-bond acceptors (Lipinski definition) is 8. The van der Waals surface area contributed by atoms with Gasteiger partial charge in [-0.2, -0.15) is 0 Å². The average molecular weight is 501 g/mol. The zero-order valence-electron chi connectivity index (χ0n) is 18.7. The molecule has 0 saturated carbocycles. The molecule has 3 aliphatic rings. The van der Waals surface area contributed by atoms with Gasteiger partial charge in [-0.05, 0) is 37.3 Å². The summed E-state index contributed by atoms with van der Waals surface area (Å²) < 4.78 is 19.7. The highest BCUT2D eigenvalue weighted by atomic mass is 35.5. The summed E-state index contributed by atoms with van der Waals surface area (Å²) in [6.45, 7) is 2.07. The summed E-state index contributed by atoms with van der Waals surface area (Å²) >= 11 is 8.00. The molecule has 7 nitrogen and oxygen atoms in total. The van der Waals surface area contributed by atoms with Crippen LogP contribution in [0.5, 0.6) is 0 Å². The highest BCUT2D eigenvalue weighted by molar-refractivity contribution is 7.11. The van der Waals surface area contributed by atoms with Crippen LogP contribution in [-0.2, 0) is 4.74 Å². The Balaban J connectivity index is 1.62. The van der Waals surface area contributed by atoms with Crippen molar-refractivity contribution in [3.8, 4) is 0 Å². The van der Waals surface area contributed by atoms with Crippen LogP contribution >= 0.6 is 22.9 Å². The van der Waals surface area contributed by atoms with Crippen LogP contribution in [0.15, 0.2) is 58.3 Å². The summed E-state index contributed by atoms with van der Waals surface area (Å²) in [5, 5.41) is 18.3. The molecule has 0 aliphatic carbocycles. The predicted octanol–water partition coefficient (Wildman–Crippen LogP) is 3.90. The summed E-state index contributed by atoms with van der Waals surface area (Å²) in [7, 11) is 1.79. The van der Waals surface area contributed by atoms with E-state index in [2.05, 4.69) is 20.5 Å². The van der Waals surface area contributed by atoms with E-state index in [9.17, 15) is 4.39 Å². The minimum absolute atomic E-state index is 0.280. The maximum absolute atomic E-state index is 13.9.